The third-order valence-electron chi connectivity index (χ3n) is 5.81. The maximum atomic E-state index is 5.58. The van der Waals surface area contributed by atoms with Crippen LogP contribution in [0, 0.1) is 0 Å². The Hall–Kier alpha value is -3.46. The lowest BCUT2D eigenvalue weighted by Crippen LogP contribution is -2.02. The van der Waals surface area contributed by atoms with Gasteiger partial charge in [0.25, 0.3) is 0 Å². The van der Waals surface area contributed by atoms with Crippen molar-refractivity contribution in [1.82, 2.24) is 9.97 Å². The Bertz CT molecular complexity index is 1320. The molecule has 1 aliphatic rings. The van der Waals surface area contributed by atoms with Crippen LogP contribution in [0.3, 0.4) is 0 Å². The van der Waals surface area contributed by atoms with Crippen LogP contribution in [0.1, 0.15) is 24.0 Å². The Morgan fingerprint density at radius 1 is 0.621 bits per heavy atom. The number of fused-ring (bicyclic) bond motifs is 6. The molecular weight excluding hydrogens is 354 g/mol. The summed E-state index contributed by atoms with van der Waals surface area (Å²) in [4.78, 5) is 8.02. The van der Waals surface area contributed by atoms with Crippen LogP contribution in [0.4, 0.5) is 5.82 Å². The van der Waals surface area contributed by atoms with E-state index in [1.807, 2.05) is 18.2 Å². The van der Waals surface area contributed by atoms with Gasteiger partial charge in [0.15, 0.2) is 0 Å². The Balaban J connectivity index is 0.000000142. The van der Waals surface area contributed by atoms with Gasteiger partial charge in [0.1, 0.15) is 11.3 Å². The van der Waals surface area contributed by atoms with Crippen molar-refractivity contribution in [1.29, 1.82) is 0 Å². The molecule has 29 heavy (non-hydrogen) atoms. The van der Waals surface area contributed by atoms with Crippen LogP contribution in [0.5, 0.6) is 0 Å². The Kier molecular flexibility index (Phi) is 4.57. The van der Waals surface area contributed by atoms with Crippen LogP contribution in [-0.4, -0.2) is 9.97 Å². The van der Waals surface area contributed by atoms with Crippen molar-refractivity contribution in [3.05, 3.63) is 90.3 Å². The topological polar surface area (TPSA) is 51.8 Å². The molecule has 3 nitrogen and oxygen atoms in total. The summed E-state index contributed by atoms with van der Waals surface area (Å²) in [5, 5.41) is 6.67. The molecule has 0 aliphatic heterocycles. The quantitative estimate of drug-likeness (QED) is 0.333. The van der Waals surface area contributed by atoms with Crippen LogP contribution in [0.15, 0.2) is 79.1 Å². The monoisotopic (exact) mass is 377 g/mol. The summed E-state index contributed by atoms with van der Waals surface area (Å²) in [5.74, 6) is 0.489. The Labute approximate surface area is 170 Å². The highest BCUT2D eigenvalue weighted by Crippen LogP contribution is 2.33. The highest BCUT2D eigenvalue weighted by Gasteiger charge is 2.13. The number of pyridine rings is 2. The fraction of sp³-hybridized carbons (Fsp3) is 0.154. The predicted octanol–water partition coefficient (Wildman–Crippen LogP) is 6.08. The van der Waals surface area contributed by atoms with Gasteiger partial charge < -0.3 is 5.73 Å². The molecule has 0 radical (unpaired) electrons. The van der Waals surface area contributed by atoms with Gasteiger partial charge in [-0.1, -0.05) is 54.6 Å². The van der Waals surface area contributed by atoms with Gasteiger partial charge >= 0.3 is 0 Å². The van der Waals surface area contributed by atoms with E-state index < -0.39 is 0 Å². The Morgan fingerprint density at radius 3 is 2.38 bits per heavy atom. The van der Waals surface area contributed by atoms with Gasteiger partial charge in [-0.15, -0.1) is 0 Å². The summed E-state index contributed by atoms with van der Waals surface area (Å²) in [7, 11) is 0. The lowest BCUT2D eigenvalue weighted by molar-refractivity contribution is 0.690. The van der Waals surface area contributed by atoms with Gasteiger partial charge in [0.2, 0.25) is 0 Å². The van der Waals surface area contributed by atoms with Crippen LogP contribution in [-0.2, 0) is 12.8 Å². The van der Waals surface area contributed by atoms with E-state index in [4.69, 9.17) is 5.73 Å². The van der Waals surface area contributed by atoms with Crippen LogP contribution in [0.25, 0.3) is 32.4 Å². The maximum absolute atomic E-state index is 5.58. The molecule has 2 aromatic heterocycles. The van der Waals surface area contributed by atoms with Crippen molar-refractivity contribution in [3.8, 4) is 0 Å². The number of rotatable bonds is 0. The predicted molar refractivity (Wildman–Crippen MR) is 122 cm³/mol. The molecule has 3 heteroatoms. The first-order valence-electron chi connectivity index (χ1n) is 10.2. The molecule has 0 bridgehead atoms. The zero-order chi connectivity index (χ0) is 19.6. The summed E-state index contributed by atoms with van der Waals surface area (Å²) in [5.41, 5.74) is 9.53. The molecule has 0 fully saturated rings. The van der Waals surface area contributed by atoms with E-state index in [-0.39, 0.29) is 0 Å². The van der Waals surface area contributed by atoms with Gasteiger partial charge in [-0.2, -0.15) is 0 Å². The SMILES string of the molecule is Nc1nccc2cccnc12.c1ccc2c(c1)ccc1c3c(ccc12)CCCC3. The average molecular weight is 377 g/mol. The van der Waals surface area contributed by atoms with Crippen molar-refractivity contribution >= 4 is 38.3 Å². The maximum Gasteiger partial charge on any atom is 0.149 e. The highest BCUT2D eigenvalue weighted by molar-refractivity contribution is 6.08. The molecule has 142 valence electrons. The molecule has 0 saturated heterocycles. The zero-order valence-electron chi connectivity index (χ0n) is 16.3. The zero-order valence-corrected chi connectivity index (χ0v) is 16.3. The lowest BCUT2D eigenvalue weighted by atomic mass is 9.86. The minimum Gasteiger partial charge on any atom is -0.382 e. The molecule has 5 aromatic rings. The normalized spacial score (nSPS) is 13.1. The van der Waals surface area contributed by atoms with Gasteiger partial charge in [-0.3, -0.25) is 4.98 Å². The standard InChI is InChI=1S/C18H16.C8H7N3/c1-3-7-15-13(5-1)9-11-18-16-8-4-2-6-14(16)10-12-17(15)18;9-8-7-6(3-5-11-8)2-1-4-10-7/h1,3,5,7,9-12H,2,4,6,8H2;1-5H,(H2,9,11). The smallest absolute Gasteiger partial charge is 0.149 e. The third kappa shape index (κ3) is 3.29. The van der Waals surface area contributed by atoms with Crippen molar-refractivity contribution in [2.45, 2.75) is 25.7 Å². The third-order valence-corrected chi connectivity index (χ3v) is 5.81. The number of aromatic nitrogens is 2. The van der Waals surface area contributed by atoms with Crippen molar-refractivity contribution < 1.29 is 0 Å². The van der Waals surface area contributed by atoms with Crippen molar-refractivity contribution in [2.75, 3.05) is 5.73 Å². The highest BCUT2D eigenvalue weighted by atomic mass is 14.9. The van der Waals surface area contributed by atoms with Gasteiger partial charge in [0, 0.05) is 17.8 Å². The van der Waals surface area contributed by atoms with E-state index in [9.17, 15) is 0 Å². The van der Waals surface area contributed by atoms with E-state index >= 15 is 0 Å². The molecule has 2 heterocycles. The molecule has 0 unspecified atom stereocenters. The molecular formula is C26H23N3. The number of nitrogen functional groups attached to an aromatic ring is 1. The summed E-state index contributed by atoms with van der Waals surface area (Å²) in [6.07, 6.45) is 8.61. The molecule has 0 saturated carbocycles. The van der Waals surface area contributed by atoms with Crippen LogP contribution >= 0.6 is 0 Å². The summed E-state index contributed by atoms with van der Waals surface area (Å²) in [6.45, 7) is 0. The summed E-state index contributed by atoms with van der Waals surface area (Å²) < 4.78 is 0. The lowest BCUT2D eigenvalue weighted by Gasteiger charge is -2.18. The van der Waals surface area contributed by atoms with Crippen molar-refractivity contribution in [2.24, 2.45) is 0 Å². The molecule has 3 aromatic carbocycles. The summed E-state index contributed by atoms with van der Waals surface area (Å²) in [6, 6.07) is 23.7. The van der Waals surface area contributed by atoms with E-state index in [1.54, 1.807) is 23.5 Å². The van der Waals surface area contributed by atoms with Crippen LogP contribution in [0.2, 0.25) is 0 Å². The Morgan fingerprint density at radius 2 is 1.45 bits per heavy atom. The summed E-state index contributed by atoms with van der Waals surface area (Å²) >= 11 is 0. The molecule has 0 amide bonds. The second kappa shape index (κ2) is 7.51. The van der Waals surface area contributed by atoms with Gasteiger partial charge in [0.05, 0.1) is 0 Å². The fourth-order valence-corrected chi connectivity index (χ4v) is 4.37. The fourth-order valence-electron chi connectivity index (χ4n) is 4.37. The number of anilines is 1. The first-order chi connectivity index (χ1) is 14.3. The minimum absolute atomic E-state index is 0.489. The molecule has 6 rings (SSSR count). The van der Waals surface area contributed by atoms with E-state index in [0.717, 1.165) is 10.9 Å². The molecule has 0 spiro atoms. The first kappa shape index (κ1) is 17.6. The molecule has 1 aliphatic carbocycles. The van der Waals surface area contributed by atoms with Gasteiger partial charge in [-0.05, 0) is 70.5 Å². The number of nitrogens with zero attached hydrogens (tertiary/aromatic N) is 2. The first-order valence-corrected chi connectivity index (χ1v) is 10.2. The average Bonchev–Trinajstić information content (AvgIpc) is 2.79. The second-order valence-electron chi connectivity index (χ2n) is 7.56. The van der Waals surface area contributed by atoms with Crippen molar-refractivity contribution in [3.63, 3.8) is 0 Å². The second-order valence-corrected chi connectivity index (χ2v) is 7.56. The largest absolute Gasteiger partial charge is 0.382 e. The van der Waals surface area contributed by atoms with Crippen LogP contribution < -0.4 is 5.73 Å². The molecule has 0 atom stereocenters. The van der Waals surface area contributed by atoms with E-state index in [1.165, 1.54) is 47.2 Å². The number of aryl methyl sites for hydroxylation is 2. The number of nitrogens with two attached hydrogens (primary N) is 1. The number of benzene rings is 3. The molecule has 2 N–H and O–H groups in total. The van der Waals surface area contributed by atoms with E-state index in [0.29, 0.717) is 5.82 Å². The number of hydrogen-bond donors (Lipinski definition) is 1. The minimum atomic E-state index is 0.489. The van der Waals surface area contributed by atoms with Gasteiger partial charge in [-0.25, -0.2) is 4.98 Å². The van der Waals surface area contributed by atoms with E-state index in [2.05, 4.69) is 58.5 Å². The number of hydrogen-bond acceptors (Lipinski definition) is 3.